The third-order valence-electron chi connectivity index (χ3n) is 2.94. The van der Waals surface area contributed by atoms with E-state index in [0.717, 1.165) is 12.1 Å². The normalized spacial score (nSPS) is 11.1. The molecule has 0 atom stereocenters. The first kappa shape index (κ1) is 16.5. The molecule has 0 unspecified atom stereocenters. The summed E-state index contributed by atoms with van der Waals surface area (Å²) in [5.41, 5.74) is -0.354. The van der Waals surface area contributed by atoms with Crippen LogP contribution in [0.2, 0.25) is 0 Å². The second kappa shape index (κ2) is 6.50. The van der Waals surface area contributed by atoms with Crippen LogP contribution in [0.1, 0.15) is 5.56 Å². The van der Waals surface area contributed by atoms with Gasteiger partial charge in [-0.25, -0.2) is 13.1 Å². The van der Waals surface area contributed by atoms with Gasteiger partial charge in [-0.3, -0.25) is 20.2 Å². The van der Waals surface area contributed by atoms with Crippen molar-refractivity contribution in [3.05, 3.63) is 74.3 Å². The van der Waals surface area contributed by atoms with Gasteiger partial charge in [0, 0.05) is 24.7 Å². The Morgan fingerprint density at radius 3 is 2.30 bits per heavy atom. The molecule has 0 spiro atoms. The maximum absolute atomic E-state index is 12.2. The molecular weight excluding hydrogens is 326 g/mol. The molecule has 0 aromatic heterocycles. The van der Waals surface area contributed by atoms with Crippen LogP contribution in [0.25, 0.3) is 0 Å². The molecule has 23 heavy (non-hydrogen) atoms. The van der Waals surface area contributed by atoms with Gasteiger partial charge in [-0.2, -0.15) is 0 Å². The van der Waals surface area contributed by atoms with E-state index in [-0.39, 0.29) is 12.2 Å². The van der Waals surface area contributed by atoms with Crippen molar-refractivity contribution < 1.29 is 18.3 Å². The van der Waals surface area contributed by atoms with Crippen LogP contribution in [0.5, 0.6) is 0 Å². The van der Waals surface area contributed by atoms with E-state index in [2.05, 4.69) is 4.72 Å². The van der Waals surface area contributed by atoms with Gasteiger partial charge >= 0.3 is 0 Å². The Hall–Kier alpha value is -2.85. The standard InChI is InChI=1S/C13H11N3O6S/c17-15(18)11-5-3-4-10(8-11)9-14-23(21,22)13-7-2-1-6-12(13)16(19)20/h1-8,14H,9H2. The van der Waals surface area contributed by atoms with E-state index in [1.165, 1.54) is 36.4 Å². The molecule has 0 aliphatic carbocycles. The van der Waals surface area contributed by atoms with Crippen molar-refractivity contribution in [2.24, 2.45) is 0 Å². The summed E-state index contributed by atoms with van der Waals surface area (Å²) in [4.78, 5) is 19.7. The average Bonchev–Trinajstić information content (AvgIpc) is 2.53. The van der Waals surface area contributed by atoms with Gasteiger partial charge in [0.2, 0.25) is 10.0 Å². The molecule has 0 amide bonds. The molecule has 2 aromatic carbocycles. The van der Waals surface area contributed by atoms with E-state index < -0.39 is 30.5 Å². The van der Waals surface area contributed by atoms with E-state index in [1.807, 2.05) is 0 Å². The molecular formula is C13H11N3O6S. The number of benzene rings is 2. The van der Waals surface area contributed by atoms with Crippen molar-refractivity contribution in [3.63, 3.8) is 0 Å². The highest BCUT2D eigenvalue weighted by molar-refractivity contribution is 7.89. The lowest BCUT2D eigenvalue weighted by Crippen LogP contribution is -2.24. The van der Waals surface area contributed by atoms with Crippen molar-refractivity contribution >= 4 is 21.4 Å². The van der Waals surface area contributed by atoms with Crippen LogP contribution < -0.4 is 4.72 Å². The monoisotopic (exact) mass is 337 g/mol. The number of hydrogen-bond donors (Lipinski definition) is 1. The van der Waals surface area contributed by atoms with Gasteiger partial charge in [0.05, 0.1) is 9.85 Å². The molecule has 0 heterocycles. The molecule has 9 nitrogen and oxygen atoms in total. The largest absolute Gasteiger partial charge is 0.289 e. The molecule has 1 N–H and O–H groups in total. The zero-order valence-electron chi connectivity index (χ0n) is 11.6. The van der Waals surface area contributed by atoms with Gasteiger partial charge in [0.25, 0.3) is 11.4 Å². The lowest BCUT2D eigenvalue weighted by atomic mass is 10.2. The van der Waals surface area contributed by atoms with Gasteiger partial charge in [-0.1, -0.05) is 24.3 Å². The number of nitro benzene ring substituents is 2. The first-order valence-electron chi connectivity index (χ1n) is 6.27. The summed E-state index contributed by atoms with van der Waals surface area (Å²) in [7, 11) is -4.13. The number of rotatable bonds is 6. The molecule has 0 aliphatic rings. The Balaban J connectivity index is 2.25. The van der Waals surface area contributed by atoms with Crippen LogP contribution in [0.15, 0.2) is 53.4 Å². The second-order valence-electron chi connectivity index (χ2n) is 4.48. The van der Waals surface area contributed by atoms with Crippen LogP contribution in [-0.2, 0) is 16.6 Å². The summed E-state index contributed by atoms with van der Waals surface area (Å²) < 4.78 is 26.6. The zero-order valence-corrected chi connectivity index (χ0v) is 12.4. The smallest absolute Gasteiger partial charge is 0.258 e. The van der Waals surface area contributed by atoms with Crippen LogP contribution >= 0.6 is 0 Å². The number of para-hydroxylation sites is 1. The Morgan fingerprint density at radius 2 is 1.65 bits per heavy atom. The van der Waals surface area contributed by atoms with Crippen molar-refractivity contribution in [3.8, 4) is 0 Å². The summed E-state index contributed by atoms with van der Waals surface area (Å²) in [6, 6.07) is 10.4. The van der Waals surface area contributed by atoms with Gasteiger partial charge in [-0.05, 0) is 11.6 Å². The topological polar surface area (TPSA) is 132 Å². The number of hydrogen-bond acceptors (Lipinski definition) is 6. The Morgan fingerprint density at radius 1 is 0.957 bits per heavy atom. The molecule has 0 radical (unpaired) electrons. The molecule has 0 bridgehead atoms. The summed E-state index contributed by atoms with van der Waals surface area (Å²) in [6.45, 7) is -0.226. The van der Waals surface area contributed by atoms with E-state index in [0.29, 0.717) is 5.56 Å². The summed E-state index contributed by atoms with van der Waals surface area (Å²) >= 11 is 0. The third-order valence-corrected chi connectivity index (χ3v) is 4.39. The Labute approximate surface area is 130 Å². The van der Waals surface area contributed by atoms with Crippen LogP contribution in [0, 0.1) is 20.2 Å². The van der Waals surface area contributed by atoms with E-state index in [9.17, 15) is 28.6 Å². The van der Waals surface area contributed by atoms with Gasteiger partial charge < -0.3 is 0 Å². The van der Waals surface area contributed by atoms with Crippen molar-refractivity contribution in [1.82, 2.24) is 4.72 Å². The highest BCUT2D eigenvalue weighted by Gasteiger charge is 2.24. The van der Waals surface area contributed by atoms with E-state index in [1.54, 1.807) is 0 Å². The average molecular weight is 337 g/mol. The predicted molar refractivity (Wildman–Crippen MR) is 80.2 cm³/mol. The molecule has 0 aliphatic heterocycles. The third kappa shape index (κ3) is 3.87. The molecule has 10 heteroatoms. The summed E-state index contributed by atoms with van der Waals surface area (Å²) in [5, 5.41) is 21.6. The van der Waals surface area contributed by atoms with Gasteiger partial charge in [-0.15, -0.1) is 0 Å². The Kier molecular flexibility index (Phi) is 4.67. The number of nitro groups is 2. The number of nitrogens with zero attached hydrogens (tertiary/aromatic N) is 2. The molecule has 0 saturated carbocycles. The minimum absolute atomic E-state index is 0.174. The SMILES string of the molecule is O=[N+]([O-])c1cccc(CNS(=O)(=O)c2ccccc2[N+](=O)[O-])c1. The fourth-order valence-corrected chi connectivity index (χ4v) is 3.06. The highest BCUT2D eigenvalue weighted by Crippen LogP contribution is 2.23. The number of nitrogens with one attached hydrogen (secondary N) is 1. The zero-order chi connectivity index (χ0) is 17.0. The lowest BCUT2D eigenvalue weighted by molar-refractivity contribution is -0.387. The second-order valence-corrected chi connectivity index (χ2v) is 6.21. The van der Waals surface area contributed by atoms with Gasteiger partial charge in [0.1, 0.15) is 0 Å². The van der Waals surface area contributed by atoms with Crippen molar-refractivity contribution in [1.29, 1.82) is 0 Å². The van der Waals surface area contributed by atoms with E-state index in [4.69, 9.17) is 0 Å². The summed E-state index contributed by atoms with van der Waals surface area (Å²) in [6.07, 6.45) is 0. The minimum atomic E-state index is -4.13. The van der Waals surface area contributed by atoms with E-state index >= 15 is 0 Å². The van der Waals surface area contributed by atoms with Crippen molar-refractivity contribution in [2.75, 3.05) is 0 Å². The maximum Gasteiger partial charge on any atom is 0.289 e. The maximum atomic E-state index is 12.2. The van der Waals surface area contributed by atoms with Crippen molar-refractivity contribution in [2.45, 2.75) is 11.4 Å². The number of sulfonamides is 1. The van der Waals surface area contributed by atoms with Crippen LogP contribution in [0.3, 0.4) is 0 Å². The molecule has 2 rings (SSSR count). The molecule has 120 valence electrons. The predicted octanol–water partition coefficient (Wildman–Crippen LogP) is 1.98. The number of non-ortho nitro benzene ring substituents is 1. The minimum Gasteiger partial charge on any atom is -0.258 e. The molecule has 0 fully saturated rings. The Bertz CT molecular complexity index is 866. The fraction of sp³-hybridized carbons (Fsp3) is 0.0769. The quantitative estimate of drug-likeness (QED) is 0.633. The first-order chi connectivity index (χ1) is 10.8. The highest BCUT2D eigenvalue weighted by atomic mass is 32.2. The molecule has 0 saturated heterocycles. The lowest BCUT2D eigenvalue weighted by Gasteiger charge is -2.07. The summed E-state index contributed by atoms with van der Waals surface area (Å²) in [5.74, 6) is 0. The van der Waals surface area contributed by atoms with Crippen LogP contribution in [-0.4, -0.2) is 18.3 Å². The fourth-order valence-electron chi connectivity index (χ4n) is 1.87. The first-order valence-corrected chi connectivity index (χ1v) is 7.76. The van der Waals surface area contributed by atoms with Gasteiger partial charge in [0.15, 0.2) is 4.90 Å². The van der Waals surface area contributed by atoms with Crippen LogP contribution in [0.4, 0.5) is 11.4 Å². The molecule has 2 aromatic rings.